The van der Waals surface area contributed by atoms with Crippen LogP contribution in [0.25, 0.3) is 0 Å². The second kappa shape index (κ2) is 21.3. The minimum atomic E-state index is -1.67. The van der Waals surface area contributed by atoms with Crippen molar-refractivity contribution >= 4 is 6.09 Å². The lowest BCUT2D eigenvalue weighted by molar-refractivity contribution is -0.351. The van der Waals surface area contributed by atoms with E-state index in [9.17, 15) is 9.90 Å². The Morgan fingerprint density at radius 1 is 0.643 bits per heavy atom. The van der Waals surface area contributed by atoms with E-state index in [1.807, 2.05) is 146 Å². The van der Waals surface area contributed by atoms with Crippen LogP contribution in [0, 0.1) is 0 Å². The molecule has 1 aliphatic heterocycles. The van der Waals surface area contributed by atoms with Crippen molar-refractivity contribution in [2.24, 2.45) is 0 Å². The fourth-order valence-corrected chi connectivity index (χ4v) is 6.66. The first-order valence-electron chi connectivity index (χ1n) is 19.0. The predicted molar refractivity (Wildman–Crippen MR) is 212 cm³/mol. The molecular weight excluding hydrogens is 711 g/mol. The number of carbonyl (C=O) groups excluding carboxylic acids is 1. The zero-order valence-electron chi connectivity index (χ0n) is 31.7. The number of alkyl carbamates (subject to hydrolysis) is 1. The topological polar surface area (TPSA) is 114 Å². The molecule has 1 aliphatic rings. The van der Waals surface area contributed by atoms with E-state index in [1.54, 1.807) is 7.11 Å². The van der Waals surface area contributed by atoms with Gasteiger partial charge in [0.05, 0.1) is 40.1 Å². The fourth-order valence-electron chi connectivity index (χ4n) is 6.66. The zero-order valence-corrected chi connectivity index (χ0v) is 31.7. The number of rotatable bonds is 20. The van der Waals surface area contributed by atoms with Crippen LogP contribution < -0.4 is 10.1 Å². The predicted octanol–water partition coefficient (Wildman–Crippen LogP) is 7.41. The highest BCUT2D eigenvalue weighted by molar-refractivity contribution is 5.67. The molecule has 5 atom stereocenters. The minimum absolute atomic E-state index is 0.110. The van der Waals surface area contributed by atoms with Crippen molar-refractivity contribution in [3.05, 3.63) is 173 Å². The molecule has 0 aliphatic carbocycles. The minimum Gasteiger partial charge on any atom is -0.497 e. The van der Waals surface area contributed by atoms with Crippen molar-refractivity contribution in [3.8, 4) is 5.75 Å². The summed E-state index contributed by atoms with van der Waals surface area (Å²) in [7, 11) is 1.62. The van der Waals surface area contributed by atoms with Crippen LogP contribution in [0.15, 0.2) is 146 Å². The summed E-state index contributed by atoms with van der Waals surface area (Å²) in [6, 6.07) is 46.5. The maximum Gasteiger partial charge on any atom is 0.407 e. The van der Waals surface area contributed by atoms with Crippen LogP contribution in [0.3, 0.4) is 0 Å². The van der Waals surface area contributed by atoms with E-state index >= 15 is 0 Å². The van der Waals surface area contributed by atoms with E-state index in [-0.39, 0.29) is 39.5 Å². The normalized spacial score (nSPS) is 20.6. The van der Waals surface area contributed by atoms with E-state index in [2.05, 4.69) is 5.32 Å². The Morgan fingerprint density at radius 3 is 1.71 bits per heavy atom. The molecule has 10 heteroatoms. The summed E-state index contributed by atoms with van der Waals surface area (Å²) in [5.74, 6) is 0.701. The molecule has 5 aromatic carbocycles. The molecule has 0 radical (unpaired) electrons. The summed E-state index contributed by atoms with van der Waals surface area (Å²) in [4.78, 5) is 12.4. The monoisotopic (exact) mass is 761 g/mol. The van der Waals surface area contributed by atoms with E-state index in [1.165, 1.54) is 0 Å². The van der Waals surface area contributed by atoms with Gasteiger partial charge in [0.15, 0.2) is 6.29 Å². The quantitative estimate of drug-likeness (QED) is 0.0783. The van der Waals surface area contributed by atoms with E-state index in [4.69, 9.17) is 33.2 Å². The zero-order chi connectivity index (χ0) is 38.8. The first-order chi connectivity index (χ1) is 27.5. The summed E-state index contributed by atoms with van der Waals surface area (Å²) in [6.07, 6.45) is -3.58. The summed E-state index contributed by atoms with van der Waals surface area (Å²) < 4.78 is 43.6. The van der Waals surface area contributed by atoms with Gasteiger partial charge in [0.1, 0.15) is 36.3 Å². The third-order valence-electron chi connectivity index (χ3n) is 9.55. The summed E-state index contributed by atoms with van der Waals surface area (Å²) in [5, 5.41) is 16.0. The Kier molecular flexibility index (Phi) is 15.4. The van der Waals surface area contributed by atoms with Crippen molar-refractivity contribution in [3.63, 3.8) is 0 Å². The highest BCUT2D eigenvalue weighted by atomic mass is 16.7. The smallest absolute Gasteiger partial charge is 0.407 e. The number of hydrogen-bond acceptors (Lipinski definition) is 9. The first kappa shape index (κ1) is 40.6. The molecule has 0 bridgehead atoms. The summed E-state index contributed by atoms with van der Waals surface area (Å²) >= 11 is 0. The van der Waals surface area contributed by atoms with Crippen molar-refractivity contribution in [1.82, 2.24) is 5.32 Å². The third-order valence-corrected chi connectivity index (χ3v) is 9.55. The molecule has 5 aromatic rings. The Labute approximate surface area is 329 Å². The Bertz CT molecular complexity index is 1850. The van der Waals surface area contributed by atoms with Gasteiger partial charge in [-0.3, -0.25) is 0 Å². The van der Waals surface area contributed by atoms with Gasteiger partial charge < -0.3 is 43.6 Å². The third kappa shape index (κ3) is 12.0. The van der Waals surface area contributed by atoms with Crippen LogP contribution in [-0.2, 0) is 61.3 Å². The second-order valence-electron chi connectivity index (χ2n) is 13.7. The van der Waals surface area contributed by atoms with Crippen molar-refractivity contribution in [2.75, 3.05) is 26.9 Å². The molecule has 1 saturated heterocycles. The molecular formula is C46H51NO9. The van der Waals surface area contributed by atoms with E-state index < -0.39 is 36.3 Å². The number of nitrogens with one attached hydrogen (secondary N) is 1. The Morgan fingerprint density at radius 2 is 1.16 bits per heavy atom. The average Bonchev–Trinajstić information content (AvgIpc) is 3.24. The van der Waals surface area contributed by atoms with Crippen LogP contribution in [0.1, 0.15) is 34.2 Å². The number of aliphatic hydroxyl groups is 1. The van der Waals surface area contributed by atoms with Crippen LogP contribution in [0.2, 0.25) is 0 Å². The lowest BCUT2D eigenvalue weighted by Gasteiger charge is -2.51. The van der Waals surface area contributed by atoms with Crippen LogP contribution in [0.5, 0.6) is 5.75 Å². The molecule has 0 unspecified atom stereocenters. The molecule has 0 aromatic heterocycles. The lowest BCUT2D eigenvalue weighted by Crippen LogP contribution is -2.69. The van der Waals surface area contributed by atoms with Gasteiger partial charge in [0.2, 0.25) is 0 Å². The molecule has 1 amide bonds. The largest absolute Gasteiger partial charge is 0.497 e. The van der Waals surface area contributed by atoms with Crippen LogP contribution in [-0.4, -0.2) is 68.3 Å². The standard InChI is InChI=1S/C46H51NO9/c1-50-40-25-23-35(24-26-40)29-46(49)42(53-31-37-17-8-3-9-18-37)41(34-51-30-36-15-6-2-7-16-36)56-44(43(46)54-32-38-19-10-4-11-20-38)52-28-14-27-47-45(48)55-33-39-21-12-5-13-22-39/h2-13,15-26,41-44,49H,14,27-34H2,1H3,(H,47,48)/t41-,42-,43-,44+,46+/m1/s1. The fraction of sp³-hybridized carbons (Fsp3) is 0.326. The maximum atomic E-state index is 13.2. The number of carbonyl (C=O) groups is 1. The molecule has 0 saturated carbocycles. The molecule has 6 rings (SSSR count). The molecule has 2 N–H and O–H groups in total. The van der Waals surface area contributed by atoms with Gasteiger partial charge >= 0.3 is 6.09 Å². The van der Waals surface area contributed by atoms with Crippen molar-refractivity contribution < 1.29 is 43.1 Å². The molecule has 56 heavy (non-hydrogen) atoms. The average molecular weight is 762 g/mol. The summed E-state index contributed by atoms with van der Waals surface area (Å²) in [6.45, 7) is 1.54. The van der Waals surface area contributed by atoms with Gasteiger partial charge in [0.25, 0.3) is 0 Å². The van der Waals surface area contributed by atoms with Crippen LogP contribution in [0.4, 0.5) is 4.79 Å². The summed E-state index contributed by atoms with van der Waals surface area (Å²) in [5.41, 5.74) is 2.95. The highest BCUT2D eigenvalue weighted by Crippen LogP contribution is 2.39. The molecule has 1 fully saturated rings. The van der Waals surface area contributed by atoms with E-state index in [0.29, 0.717) is 25.3 Å². The molecule has 0 spiro atoms. The highest BCUT2D eigenvalue weighted by Gasteiger charge is 2.58. The number of methoxy groups -OCH3 is 1. The molecule has 1 heterocycles. The molecule has 10 nitrogen and oxygen atoms in total. The molecule has 294 valence electrons. The number of hydrogen-bond donors (Lipinski definition) is 2. The Hall–Kier alpha value is -5.07. The number of ether oxygens (including phenoxy) is 7. The lowest BCUT2D eigenvalue weighted by atomic mass is 9.79. The second-order valence-corrected chi connectivity index (χ2v) is 13.7. The SMILES string of the molecule is COc1ccc(C[C@@]2(O)[C@H](OCc3ccccc3)[C@@H](OCCCNC(=O)OCc3ccccc3)O[C@H](COCc3ccccc3)[C@H]2OCc2ccccc2)cc1. The van der Waals surface area contributed by atoms with Gasteiger partial charge in [-0.25, -0.2) is 4.79 Å². The van der Waals surface area contributed by atoms with Crippen molar-refractivity contribution in [1.29, 1.82) is 0 Å². The van der Waals surface area contributed by atoms with Gasteiger partial charge in [0, 0.05) is 13.0 Å². The Balaban J connectivity index is 1.24. The first-order valence-corrected chi connectivity index (χ1v) is 19.0. The maximum absolute atomic E-state index is 13.2. The van der Waals surface area contributed by atoms with Crippen LogP contribution >= 0.6 is 0 Å². The van der Waals surface area contributed by atoms with E-state index in [0.717, 1.165) is 27.8 Å². The number of benzene rings is 5. The van der Waals surface area contributed by atoms with Gasteiger partial charge in [-0.05, 0) is 46.4 Å². The van der Waals surface area contributed by atoms with Crippen molar-refractivity contribution in [2.45, 2.75) is 69.5 Å². The van der Waals surface area contributed by atoms with Gasteiger partial charge in [-0.2, -0.15) is 0 Å². The number of amides is 1. The van der Waals surface area contributed by atoms with Gasteiger partial charge in [-0.1, -0.05) is 133 Å². The van der Waals surface area contributed by atoms with Gasteiger partial charge in [-0.15, -0.1) is 0 Å².